The van der Waals surface area contributed by atoms with Crippen LogP contribution in [0.1, 0.15) is 13.8 Å². The van der Waals surface area contributed by atoms with E-state index in [1.165, 1.54) is 0 Å². The largest absolute Gasteiger partial charge is 0.446 e. The molecule has 0 aromatic heterocycles. The second kappa shape index (κ2) is 4.11. The third kappa shape index (κ3) is 3.29. The lowest BCUT2D eigenvalue weighted by Gasteiger charge is -2.16. The SMILES string of the molecule is CC(CO)C(C)OC(N)=O. The van der Waals surface area contributed by atoms with Crippen LogP contribution in [0.15, 0.2) is 0 Å². The summed E-state index contributed by atoms with van der Waals surface area (Å²) in [6.45, 7) is 3.45. The number of aliphatic hydroxyl groups excluding tert-OH is 1. The Morgan fingerprint density at radius 3 is 2.50 bits per heavy atom. The van der Waals surface area contributed by atoms with Gasteiger partial charge in [0.2, 0.25) is 0 Å². The number of carbonyl (C=O) groups is 1. The summed E-state index contributed by atoms with van der Waals surface area (Å²) in [7, 11) is 0. The van der Waals surface area contributed by atoms with Crippen LogP contribution in [0.3, 0.4) is 0 Å². The first-order valence-electron chi connectivity index (χ1n) is 3.15. The average molecular weight is 147 g/mol. The van der Waals surface area contributed by atoms with Crippen molar-refractivity contribution in [2.24, 2.45) is 11.7 Å². The molecule has 0 aliphatic heterocycles. The molecule has 0 heterocycles. The Balaban J connectivity index is 3.61. The highest BCUT2D eigenvalue weighted by Crippen LogP contribution is 2.04. The molecule has 4 heteroatoms. The van der Waals surface area contributed by atoms with E-state index in [-0.39, 0.29) is 18.6 Å². The minimum absolute atomic E-state index is 0.00551. The molecule has 0 rings (SSSR count). The Labute approximate surface area is 60.0 Å². The van der Waals surface area contributed by atoms with Crippen LogP contribution in [0.25, 0.3) is 0 Å². The maximum atomic E-state index is 10.1. The van der Waals surface area contributed by atoms with Gasteiger partial charge in [-0.05, 0) is 6.92 Å². The van der Waals surface area contributed by atoms with Crippen molar-refractivity contribution in [2.45, 2.75) is 20.0 Å². The van der Waals surface area contributed by atoms with Gasteiger partial charge in [-0.2, -0.15) is 0 Å². The summed E-state index contributed by atoms with van der Waals surface area (Å²) in [4.78, 5) is 10.1. The van der Waals surface area contributed by atoms with E-state index in [4.69, 9.17) is 10.8 Å². The van der Waals surface area contributed by atoms with E-state index in [1.807, 2.05) is 0 Å². The Morgan fingerprint density at radius 2 is 2.20 bits per heavy atom. The van der Waals surface area contributed by atoms with Crippen LogP contribution < -0.4 is 5.73 Å². The fourth-order valence-corrected chi connectivity index (χ4v) is 0.448. The Kier molecular flexibility index (Phi) is 3.79. The third-order valence-electron chi connectivity index (χ3n) is 1.39. The van der Waals surface area contributed by atoms with Crippen LogP contribution >= 0.6 is 0 Å². The molecule has 2 atom stereocenters. The van der Waals surface area contributed by atoms with Gasteiger partial charge in [0.1, 0.15) is 6.10 Å². The topological polar surface area (TPSA) is 72.6 Å². The van der Waals surface area contributed by atoms with Crippen molar-refractivity contribution in [1.82, 2.24) is 0 Å². The molecule has 0 fully saturated rings. The summed E-state index contributed by atoms with van der Waals surface area (Å²) < 4.78 is 4.58. The Bertz CT molecular complexity index is 116. The van der Waals surface area contributed by atoms with Gasteiger partial charge in [0.05, 0.1) is 0 Å². The number of carbonyl (C=O) groups excluding carboxylic acids is 1. The average Bonchev–Trinajstić information content (AvgIpc) is 1.85. The minimum Gasteiger partial charge on any atom is -0.446 e. The standard InChI is InChI=1S/C6H13NO3/c1-4(3-8)5(2)10-6(7)9/h4-5,8H,3H2,1-2H3,(H2,7,9). The lowest BCUT2D eigenvalue weighted by Crippen LogP contribution is -2.27. The first-order chi connectivity index (χ1) is 4.57. The van der Waals surface area contributed by atoms with Crippen molar-refractivity contribution in [3.05, 3.63) is 0 Å². The molecular formula is C6H13NO3. The van der Waals surface area contributed by atoms with Gasteiger partial charge in [0.25, 0.3) is 0 Å². The number of rotatable bonds is 3. The fourth-order valence-electron chi connectivity index (χ4n) is 0.448. The lowest BCUT2D eigenvalue weighted by molar-refractivity contribution is 0.0621. The number of amides is 1. The molecule has 10 heavy (non-hydrogen) atoms. The van der Waals surface area contributed by atoms with Gasteiger partial charge in [-0.1, -0.05) is 6.92 Å². The zero-order valence-electron chi connectivity index (χ0n) is 6.20. The summed E-state index contributed by atoms with van der Waals surface area (Å²) in [6, 6.07) is 0. The molecule has 0 radical (unpaired) electrons. The van der Waals surface area contributed by atoms with Gasteiger partial charge in [0.15, 0.2) is 0 Å². The zero-order valence-corrected chi connectivity index (χ0v) is 6.20. The second-order valence-electron chi connectivity index (χ2n) is 2.30. The number of nitrogens with two attached hydrogens (primary N) is 1. The Morgan fingerprint density at radius 1 is 1.70 bits per heavy atom. The molecule has 0 saturated carbocycles. The van der Waals surface area contributed by atoms with Crippen molar-refractivity contribution in [3.63, 3.8) is 0 Å². The molecule has 4 nitrogen and oxygen atoms in total. The molecule has 0 saturated heterocycles. The van der Waals surface area contributed by atoms with Crippen molar-refractivity contribution < 1.29 is 14.6 Å². The summed E-state index contributed by atoms with van der Waals surface area (Å²) >= 11 is 0. The molecule has 3 N–H and O–H groups in total. The first kappa shape index (κ1) is 9.23. The lowest BCUT2D eigenvalue weighted by atomic mass is 10.1. The molecule has 0 bridgehead atoms. The molecule has 0 aliphatic carbocycles. The van der Waals surface area contributed by atoms with E-state index in [2.05, 4.69) is 4.74 Å². The molecular weight excluding hydrogens is 134 g/mol. The van der Waals surface area contributed by atoms with Crippen molar-refractivity contribution >= 4 is 6.09 Å². The molecule has 1 amide bonds. The number of primary amides is 1. The number of ether oxygens (including phenoxy) is 1. The van der Waals surface area contributed by atoms with E-state index in [0.717, 1.165) is 0 Å². The van der Waals surface area contributed by atoms with E-state index >= 15 is 0 Å². The van der Waals surface area contributed by atoms with Crippen LogP contribution in [0, 0.1) is 5.92 Å². The third-order valence-corrected chi connectivity index (χ3v) is 1.39. The number of aliphatic hydroxyl groups is 1. The van der Waals surface area contributed by atoms with E-state index in [9.17, 15) is 4.79 Å². The second-order valence-corrected chi connectivity index (χ2v) is 2.30. The van der Waals surface area contributed by atoms with E-state index < -0.39 is 6.09 Å². The van der Waals surface area contributed by atoms with Crippen molar-refractivity contribution in [1.29, 1.82) is 0 Å². The quantitative estimate of drug-likeness (QED) is 0.594. The highest BCUT2D eigenvalue weighted by Gasteiger charge is 2.13. The van der Waals surface area contributed by atoms with Crippen LogP contribution in [0.5, 0.6) is 0 Å². The van der Waals surface area contributed by atoms with Gasteiger partial charge in [-0.25, -0.2) is 4.79 Å². The van der Waals surface area contributed by atoms with Gasteiger partial charge in [-0.15, -0.1) is 0 Å². The van der Waals surface area contributed by atoms with Gasteiger partial charge in [-0.3, -0.25) is 0 Å². The summed E-state index contributed by atoms with van der Waals surface area (Å²) in [5, 5.41) is 8.59. The van der Waals surface area contributed by atoms with Gasteiger partial charge < -0.3 is 15.6 Å². The van der Waals surface area contributed by atoms with Gasteiger partial charge in [0, 0.05) is 12.5 Å². The van der Waals surface area contributed by atoms with Crippen LogP contribution in [0.4, 0.5) is 4.79 Å². The molecule has 60 valence electrons. The molecule has 0 spiro atoms. The summed E-state index contributed by atoms with van der Waals surface area (Å²) in [6.07, 6.45) is -1.12. The summed E-state index contributed by atoms with van der Waals surface area (Å²) in [5.41, 5.74) is 4.74. The van der Waals surface area contributed by atoms with Crippen LogP contribution in [-0.4, -0.2) is 23.9 Å². The minimum atomic E-state index is -0.798. The zero-order chi connectivity index (χ0) is 8.15. The number of hydrogen-bond donors (Lipinski definition) is 2. The maximum absolute atomic E-state index is 10.1. The van der Waals surface area contributed by atoms with Crippen LogP contribution in [0.2, 0.25) is 0 Å². The highest BCUT2D eigenvalue weighted by atomic mass is 16.6. The monoisotopic (exact) mass is 147 g/mol. The van der Waals surface area contributed by atoms with Crippen LogP contribution in [-0.2, 0) is 4.74 Å². The molecule has 0 aliphatic rings. The normalized spacial score (nSPS) is 15.9. The van der Waals surface area contributed by atoms with E-state index in [0.29, 0.717) is 0 Å². The predicted octanol–water partition coefficient (Wildman–Crippen LogP) is 0.0986. The molecule has 0 aromatic carbocycles. The van der Waals surface area contributed by atoms with Crippen molar-refractivity contribution in [3.8, 4) is 0 Å². The van der Waals surface area contributed by atoms with E-state index in [1.54, 1.807) is 13.8 Å². The van der Waals surface area contributed by atoms with Crippen molar-refractivity contribution in [2.75, 3.05) is 6.61 Å². The summed E-state index contributed by atoms with van der Waals surface area (Å²) in [5.74, 6) is -0.0625. The highest BCUT2D eigenvalue weighted by molar-refractivity contribution is 5.64. The first-order valence-corrected chi connectivity index (χ1v) is 3.15. The fraction of sp³-hybridized carbons (Fsp3) is 0.833. The smallest absolute Gasteiger partial charge is 0.404 e. The predicted molar refractivity (Wildman–Crippen MR) is 36.4 cm³/mol. The Hall–Kier alpha value is -0.770. The maximum Gasteiger partial charge on any atom is 0.404 e. The molecule has 2 unspecified atom stereocenters. The van der Waals surface area contributed by atoms with Gasteiger partial charge >= 0.3 is 6.09 Å². The molecule has 0 aromatic rings. The number of hydrogen-bond acceptors (Lipinski definition) is 3.